The van der Waals surface area contributed by atoms with Crippen LogP contribution in [0.15, 0.2) is 47.8 Å². The minimum absolute atomic E-state index is 0.300. The number of fused-ring (bicyclic) bond motifs is 1. The highest BCUT2D eigenvalue weighted by atomic mass is 35.5. The lowest BCUT2D eigenvalue weighted by molar-refractivity contribution is 0.102. The van der Waals surface area contributed by atoms with E-state index in [2.05, 4.69) is 15.4 Å². The van der Waals surface area contributed by atoms with Crippen molar-refractivity contribution in [3.63, 3.8) is 0 Å². The van der Waals surface area contributed by atoms with Crippen LogP contribution in [0.5, 0.6) is 11.5 Å². The highest BCUT2D eigenvalue weighted by Crippen LogP contribution is 2.35. The first-order chi connectivity index (χ1) is 16.0. The number of benzene rings is 2. The molecule has 1 N–H and O–H groups in total. The normalized spacial score (nSPS) is 12.6. The van der Waals surface area contributed by atoms with Gasteiger partial charge in [-0.15, -0.1) is 11.3 Å². The van der Waals surface area contributed by atoms with E-state index in [0.717, 1.165) is 22.6 Å². The second-order valence-electron chi connectivity index (χ2n) is 7.74. The minimum atomic E-state index is -0.337. The molecule has 7 nitrogen and oxygen atoms in total. The summed E-state index contributed by atoms with van der Waals surface area (Å²) < 4.78 is 12.9. The molecule has 1 aliphatic heterocycles. The smallest absolute Gasteiger partial charge is 0.262 e. The number of carbonyl (C=O) groups excluding carboxylic acids is 1. The number of hydrogen-bond donors (Lipinski definition) is 1. The molecule has 5 rings (SSSR count). The second-order valence-corrected chi connectivity index (χ2v) is 8.96. The van der Waals surface area contributed by atoms with Crippen LogP contribution in [-0.4, -0.2) is 33.9 Å². The van der Waals surface area contributed by atoms with Gasteiger partial charge < -0.3 is 9.47 Å². The predicted octanol–water partition coefficient (Wildman–Crippen LogP) is 5.35. The number of anilines is 1. The lowest BCUT2D eigenvalue weighted by Crippen LogP contribution is -2.15. The third-order valence-electron chi connectivity index (χ3n) is 5.31. The number of nitrogens with one attached hydrogen (secondary N) is 1. The molecule has 2 aromatic heterocycles. The Bertz CT molecular complexity index is 1330. The molecule has 2 aromatic carbocycles. The van der Waals surface area contributed by atoms with Crippen molar-refractivity contribution in [2.75, 3.05) is 18.5 Å². The molecule has 0 bridgehead atoms. The Morgan fingerprint density at radius 2 is 1.88 bits per heavy atom. The Morgan fingerprint density at radius 1 is 1.12 bits per heavy atom. The van der Waals surface area contributed by atoms with Crippen molar-refractivity contribution in [2.24, 2.45) is 0 Å². The molecule has 1 aliphatic rings. The number of aromatic nitrogens is 3. The summed E-state index contributed by atoms with van der Waals surface area (Å²) in [6.07, 6.45) is 0. The molecular formula is C24H21ClN4O3S. The van der Waals surface area contributed by atoms with Crippen LogP contribution in [-0.2, 0) is 6.54 Å². The number of aryl methyl sites for hydroxylation is 2. The zero-order chi connectivity index (χ0) is 22.9. The van der Waals surface area contributed by atoms with Crippen LogP contribution in [0.4, 0.5) is 5.13 Å². The number of ether oxygens (including phenoxy) is 2. The number of nitrogens with zero attached hydrogens (tertiary/aromatic N) is 3. The van der Waals surface area contributed by atoms with Gasteiger partial charge in [-0.2, -0.15) is 5.10 Å². The van der Waals surface area contributed by atoms with Gasteiger partial charge in [0, 0.05) is 10.9 Å². The van der Waals surface area contributed by atoms with E-state index in [1.807, 2.05) is 54.8 Å². The van der Waals surface area contributed by atoms with Gasteiger partial charge in [0.05, 0.1) is 23.5 Å². The van der Waals surface area contributed by atoms with E-state index in [1.165, 1.54) is 16.9 Å². The van der Waals surface area contributed by atoms with Crippen LogP contribution >= 0.6 is 22.9 Å². The Morgan fingerprint density at radius 3 is 2.67 bits per heavy atom. The first-order valence-corrected chi connectivity index (χ1v) is 11.7. The predicted molar refractivity (Wildman–Crippen MR) is 129 cm³/mol. The average molecular weight is 481 g/mol. The van der Waals surface area contributed by atoms with E-state index in [1.54, 1.807) is 11.6 Å². The van der Waals surface area contributed by atoms with Gasteiger partial charge in [0.1, 0.15) is 18.4 Å². The zero-order valence-corrected chi connectivity index (χ0v) is 19.7. The van der Waals surface area contributed by atoms with Crippen LogP contribution in [0.3, 0.4) is 0 Å². The van der Waals surface area contributed by atoms with Crippen molar-refractivity contribution >= 4 is 34.0 Å². The van der Waals surface area contributed by atoms with Crippen LogP contribution in [0, 0.1) is 13.8 Å². The summed E-state index contributed by atoms with van der Waals surface area (Å²) >= 11 is 7.88. The lowest BCUT2D eigenvalue weighted by Gasteiger charge is -2.18. The number of hydrogen-bond acceptors (Lipinski definition) is 6. The summed E-state index contributed by atoms with van der Waals surface area (Å²) in [5.74, 6) is 1.08. The summed E-state index contributed by atoms with van der Waals surface area (Å²) in [6, 6.07) is 13.8. The van der Waals surface area contributed by atoms with Gasteiger partial charge in [-0.25, -0.2) is 9.67 Å². The molecule has 4 aromatic rings. The Hall–Kier alpha value is -3.36. The van der Waals surface area contributed by atoms with Gasteiger partial charge >= 0.3 is 0 Å². The fourth-order valence-corrected chi connectivity index (χ4v) is 4.64. The van der Waals surface area contributed by atoms with Crippen LogP contribution in [0.1, 0.15) is 27.2 Å². The van der Waals surface area contributed by atoms with Crippen molar-refractivity contribution in [3.8, 4) is 22.8 Å². The summed E-state index contributed by atoms with van der Waals surface area (Å²) in [4.78, 5) is 17.5. The van der Waals surface area contributed by atoms with Gasteiger partial charge in [-0.1, -0.05) is 41.4 Å². The highest BCUT2D eigenvalue weighted by molar-refractivity contribution is 7.14. The number of rotatable bonds is 5. The third kappa shape index (κ3) is 4.44. The van der Waals surface area contributed by atoms with E-state index >= 15 is 0 Å². The number of amides is 1. The maximum absolute atomic E-state index is 13.0. The maximum atomic E-state index is 13.0. The van der Waals surface area contributed by atoms with E-state index in [4.69, 9.17) is 21.1 Å². The van der Waals surface area contributed by atoms with Gasteiger partial charge in [0.15, 0.2) is 16.6 Å². The van der Waals surface area contributed by atoms with Crippen molar-refractivity contribution < 1.29 is 14.3 Å². The van der Waals surface area contributed by atoms with Gasteiger partial charge in [-0.05, 0) is 37.6 Å². The summed E-state index contributed by atoms with van der Waals surface area (Å²) in [7, 11) is 0. The van der Waals surface area contributed by atoms with E-state index in [-0.39, 0.29) is 5.91 Å². The monoisotopic (exact) mass is 480 g/mol. The average Bonchev–Trinajstić information content (AvgIpc) is 3.38. The SMILES string of the molecule is Cc1ccc(Cn2nc(C)c(C(=O)Nc3nc(-c4ccc5c(c4)OCCO5)cs3)c2Cl)cc1. The molecule has 0 saturated carbocycles. The van der Waals surface area contributed by atoms with Crippen LogP contribution < -0.4 is 14.8 Å². The third-order valence-corrected chi connectivity index (χ3v) is 6.45. The fourth-order valence-electron chi connectivity index (χ4n) is 3.61. The molecular weight excluding hydrogens is 460 g/mol. The van der Waals surface area contributed by atoms with Crippen molar-refractivity contribution in [2.45, 2.75) is 20.4 Å². The number of thiazole rings is 1. The van der Waals surface area contributed by atoms with E-state index in [9.17, 15) is 4.79 Å². The molecule has 33 heavy (non-hydrogen) atoms. The Labute approximate surface area is 199 Å². The summed E-state index contributed by atoms with van der Waals surface area (Å²) in [6.45, 7) is 5.36. The summed E-state index contributed by atoms with van der Waals surface area (Å²) in [5.41, 5.74) is 4.77. The summed E-state index contributed by atoms with van der Waals surface area (Å²) in [5, 5.41) is 9.98. The van der Waals surface area contributed by atoms with Gasteiger partial charge in [0.2, 0.25) is 0 Å². The molecule has 1 amide bonds. The molecule has 0 saturated heterocycles. The van der Waals surface area contributed by atoms with E-state index < -0.39 is 0 Å². The maximum Gasteiger partial charge on any atom is 0.262 e. The van der Waals surface area contributed by atoms with Gasteiger partial charge in [0.25, 0.3) is 5.91 Å². The number of carbonyl (C=O) groups is 1. The molecule has 0 fully saturated rings. The van der Waals surface area contributed by atoms with Crippen molar-refractivity contribution in [3.05, 3.63) is 75.4 Å². The molecule has 3 heterocycles. The fraction of sp³-hybridized carbons (Fsp3) is 0.208. The Balaban J connectivity index is 1.33. The van der Waals surface area contributed by atoms with Crippen molar-refractivity contribution in [1.29, 1.82) is 0 Å². The molecule has 0 atom stereocenters. The van der Waals surface area contributed by atoms with Crippen LogP contribution in [0.25, 0.3) is 11.3 Å². The van der Waals surface area contributed by atoms with Crippen molar-refractivity contribution in [1.82, 2.24) is 14.8 Å². The first-order valence-electron chi connectivity index (χ1n) is 10.4. The molecule has 0 unspecified atom stereocenters. The lowest BCUT2D eigenvalue weighted by atomic mass is 10.1. The second kappa shape index (κ2) is 8.88. The Kier molecular flexibility index (Phi) is 5.78. The minimum Gasteiger partial charge on any atom is -0.486 e. The molecule has 9 heteroatoms. The number of halogens is 1. The standard InChI is InChI=1S/C24H21ClN4O3S/c1-14-3-5-16(6-4-14)12-29-22(25)21(15(2)28-29)23(30)27-24-26-18(13-33-24)17-7-8-19-20(11-17)32-10-9-31-19/h3-8,11,13H,9-10,12H2,1-2H3,(H,26,27,30). The highest BCUT2D eigenvalue weighted by Gasteiger charge is 2.22. The topological polar surface area (TPSA) is 78.3 Å². The largest absolute Gasteiger partial charge is 0.486 e. The quantitative estimate of drug-likeness (QED) is 0.416. The molecule has 0 spiro atoms. The first kappa shape index (κ1) is 21.5. The van der Waals surface area contributed by atoms with E-state index in [0.29, 0.717) is 47.1 Å². The molecule has 0 aliphatic carbocycles. The molecule has 0 radical (unpaired) electrons. The van der Waals surface area contributed by atoms with Crippen LogP contribution in [0.2, 0.25) is 5.15 Å². The molecule has 168 valence electrons. The zero-order valence-electron chi connectivity index (χ0n) is 18.1. The van der Waals surface area contributed by atoms with Gasteiger partial charge in [-0.3, -0.25) is 10.1 Å².